The number of nitrogens with zero attached hydrogens (tertiary/aromatic N) is 4. The van der Waals surface area contributed by atoms with Crippen LogP contribution in [0, 0.1) is 20.8 Å². The van der Waals surface area contributed by atoms with E-state index in [4.69, 9.17) is 0 Å². The summed E-state index contributed by atoms with van der Waals surface area (Å²) in [6, 6.07) is 1.96. The smallest absolute Gasteiger partial charge is 0.159 e. The van der Waals surface area contributed by atoms with Crippen LogP contribution in [0.2, 0.25) is 0 Å². The summed E-state index contributed by atoms with van der Waals surface area (Å²) in [5.74, 6) is 2.45. The molecule has 0 bridgehead atoms. The number of hydrogen-bond acceptors (Lipinski definition) is 4. The molecule has 2 heterocycles. The summed E-state index contributed by atoms with van der Waals surface area (Å²) in [6.07, 6.45) is 2.06. The molecule has 0 amide bonds. The summed E-state index contributed by atoms with van der Waals surface area (Å²) < 4.78 is 1.92. The third-order valence-corrected chi connectivity index (χ3v) is 3.39. The van der Waals surface area contributed by atoms with Crippen LogP contribution in [0.3, 0.4) is 0 Å². The molecule has 1 N–H and O–H groups in total. The van der Waals surface area contributed by atoms with Crippen molar-refractivity contribution < 1.29 is 0 Å². The van der Waals surface area contributed by atoms with E-state index in [9.17, 15) is 0 Å². The molecule has 0 radical (unpaired) electrons. The first-order valence-corrected chi connectivity index (χ1v) is 7.21. The Hall–Kier alpha value is -1.91. The van der Waals surface area contributed by atoms with Gasteiger partial charge in [-0.1, -0.05) is 13.8 Å². The van der Waals surface area contributed by atoms with Gasteiger partial charge in [-0.3, -0.25) is 0 Å². The molecule has 0 fully saturated rings. The predicted molar refractivity (Wildman–Crippen MR) is 81.5 cm³/mol. The molecular weight excluding hydrogens is 250 g/mol. The van der Waals surface area contributed by atoms with Crippen LogP contribution in [-0.4, -0.2) is 26.3 Å². The molecule has 5 heteroatoms. The van der Waals surface area contributed by atoms with Crippen molar-refractivity contribution in [3.05, 3.63) is 28.8 Å². The molecule has 0 aliphatic rings. The molecule has 0 aromatic carbocycles. The summed E-state index contributed by atoms with van der Waals surface area (Å²) in [4.78, 5) is 8.92. The highest BCUT2D eigenvalue weighted by Crippen LogP contribution is 2.18. The normalized spacial score (nSPS) is 10.8. The van der Waals surface area contributed by atoms with Crippen LogP contribution in [0.4, 0.5) is 5.82 Å². The Morgan fingerprint density at radius 1 is 1.15 bits per heavy atom. The minimum absolute atomic E-state index is 0.756. The van der Waals surface area contributed by atoms with Gasteiger partial charge in [-0.15, -0.1) is 0 Å². The van der Waals surface area contributed by atoms with Crippen molar-refractivity contribution in [1.82, 2.24) is 19.7 Å². The molecule has 0 saturated carbocycles. The van der Waals surface area contributed by atoms with Gasteiger partial charge in [0.2, 0.25) is 0 Å². The Balaban J connectivity index is 2.44. The van der Waals surface area contributed by atoms with Crippen LogP contribution in [0.25, 0.3) is 5.82 Å². The molecule has 2 aromatic heterocycles. The standard InChI is InChI=1S/C15H23N5/c1-6-8-16-14-9-15(18-12(5)17-14)20-11(4)13(7-2)10(3)19-20/h9H,6-8H2,1-5H3,(H,16,17,18). The van der Waals surface area contributed by atoms with Gasteiger partial charge in [-0.2, -0.15) is 5.10 Å². The maximum Gasteiger partial charge on any atom is 0.159 e. The van der Waals surface area contributed by atoms with Crippen molar-refractivity contribution >= 4 is 5.82 Å². The fourth-order valence-corrected chi connectivity index (χ4v) is 2.41. The lowest BCUT2D eigenvalue weighted by Crippen LogP contribution is -2.08. The Bertz CT molecular complexity index is 601. The number of nitrogens with one attached hydrogen (secondary N) is 1. The first-order valence-electron chi connectivity index (χ1n) is 7.21. The van der Waals surface area contributed by atoms with E-state index >= 15 is 0 Å². The van der Waals surface area contributed by atoms with Gasteiger partial charge in [-0.25, -0.2) is 14.6 Å². The summed E-state index contributed by atoms with van der Waals surface area (Å²) in [5, 5.41) is 7.92. The van der Waals surface area contributed by atoms with Gasteiger partial charge in [0.15, 0.2) is 5.82 Å². The SMILES string of the molecule is CCCNc1cc(-n2nc(C)c(CC)c2C)nc(C)n1. The van der Waals surface area contributed by atoms with E-state index in [1.807, 2.05) is 24.6 Å². The maximum atomic E-state index is 4.61. The minimum atomic E-state index is 0.756. The Labute approximate surface area is 120 Å². The highest BCUT2D eigenvalue weighted by molar-refractivity contribution is 5.43. The molecule has 0 aliphatic heterocycles. The Morgan fingerprint density at radius 3 is 2.50 bits per heavy atom. The van der Waals surface area contributed by atoms with Gasteiger partial charge < -0.3 is 5.32 Å². The fraction of sp³-hybridized carbons (Fsp3) is 0.533. The van der Waals surface area contributed by atoms with Gasteiger partial charge in [0, 0.05) is 18.3 Å². The van der Waals surface area contributed by atoms with Crippen LogP contribution in [0.1, 0.15) is 43.0 Å². The molecule has 20 heavy (non-hydrogen) atoms. The lowest BCUT2D eigenvalue weighted by molar-refractivity contribution is 0.791. The third kappa shape index (κ3) is 2.81. The number of aromatic nitrogens is 4. The number of anilines is 1. The molecular formula is C15H23N5. The van der Waals surface area contributed by atoms with Gasteiger partial charge in [-0.05, 0) is 39.2 Å². The van der Waals surface area contributed by atoms with Crippen LogP contribution < -0.4 is 5.32 Å². The van der Waals surface area contributed by atoms with E-state index in [2.05, 4.69) is 41.2 Å². The van der Waals surface area contributed by atoms with E-state index < -0.39 is 0 Å². The van der Waals surface area contributed by atoms with Gasteiger partial charge in [0.1, 0.15) is 11.6 Å². The molecule has 0 unspecified atom stereocenters. The number of rotatable bonds is 5. The summed E-state index contributed by atoms with van der Waals surface area (Å²) in [6.45, 7) is 11.2. The fourth-order valence-electron chi connectivity index (χ4n) is 2.41. The second-order valence-electron chi connectivity index (χ2n) is 5.00. The first-order chi connectivity index (χ1) is 9.56. The zero-order chi connectivity index (χ0) is 14.7. The topological polar surface area (TPSA) is 55.6 Å². The lowest BCUT2D eigenvalue weighted by Gasteiger charge is -2.09. The van der Waals surface area contributed by atoms with Crippen molar-refractivity contribution in [1.29, 1.82) is 0 Å². The van der Waals surface area contributed by atoms with Crippen LogP contribution >= 0.6 is 0 Å². The summed E-state index contributed by atoms with van der Waals surface area (Å²) >= 11 is 0. The van der Waals surface area contributed by atoms with Crippen molar-refractivity contribution in [3.63, 3.8) is 0 Å². The third-order valence-electron chi connectivity index (χ3n) is 3.39. The highest BCUT2D eigenvalue weighted by atomic mass is 15.3. The van der Waals surface area contributed by atoms with Crippen molar-refractivity contribution in [3.8, 4) is 5.82 Å². The minimum Gasteiger partial charge on any atom is -0.370 e. The van der Waals surface area contributed by atoms with Gasteiger partial charge >= 0.3 is 0 Å². The lowest BCUT2D eigenvalue weighted by atomic mass is 10.1. The highest BCUT2D eigenvalue weighted by Gasteiger charge is 2.13. The average Bonchev–Trinajstić information content (AvgIpc) is 2.70. The van der Waals surface area contributed by atoms with Crippen LogP contribution in [0.15, 0.2) is 6.07 Å². The molecule has 2 aromatic rings. The van der Waals surface area contributed by atoms with Gasteiger partial charge in [0.25, 0.3) is 0 Å². The largest absolute Gasteiger partial charge is 0.370 e. The second kappa shape index (κ2) is 6.03. The first kappa shape index (κ1) is 14.5. The number of hydrogen-bond donors (Lipinski definition) is 1. The predicted octanol–water partition coefficient (Wildman–Crippen LogP) is 2.97. The Kier molecular flexibility index (Phi) is 4.37. The molecule has 5 nitrogen and oxygen atoms in total. The van der Waals surface area contributed by atoms with E-state index in [1.165, 1.54) is 5.56 Å². The van der Waals surface area contributed by atoms with Crippen molar-refractivity contribution in [2.24, 2.45) is 0 Å². The van der Waals surface area contributed by atoms with E-state index in [0.29, 0.717) is 0 Å². The quantitative estimate of drug-likeness (QED) is 0.910. The molecule has 108 valence electrons. The van der Waals surface area contributed by atoms with E-state index in [1.54, 1.807) is 0 Å². The average molecular weight is 273 g/mol. The molecule has 0 aliphatic carbocycles. The van der Waals surface area contributed by atoms with Crippen LogP contribution in [-0.2, 0) is 6.42 Å². The second-order valence-corrected chi connectivity index (χ2v) is 5.00. The maximum absolute atomic E-state index is 4.61. The Morgan fingerprint density at radius 2 is 1.90 bits per heavy atom. The monoisotopic (exact) mass is 273 g/mol. The van der Waals surface area contributed by atoms with Gasteiger partial charge in [0.05, 0.1) is 5.69 Å². The molecule has 2 rings (SSSR count). The van der Waals surface area contributed by atoms with Crippen molar-refractivity contribution in [2.45, 2.75) is 47.5 Å². The molecule has 0 spiro atoms. The van der Waals surface area contributed by atoms with E-state index in [0.717, 1.165) is 48.2 Å². The number of aryl methyl sites for hydroxylation is 2. The van der Waals surface area contributed by atoms with E-state index in [-0.39, 0.29) is 0 Å². The molecule has 0 atom stereocenters. The zero-order valence-corrected chi connectivity index (χ0v) is 13.0. The summed E-state index contributed by atoms with van der Waals surface area (Å²) in [7, 11) is 0. The van der Waals surface area contributed by atoms with Crippen LogP contribution in [0.5, 0.6) is 0 Å². The zero-order valence-electron chi connectivity index (χ0n) is 13.0. The van der Waals surface area contributed by atoms with Crippen molar-refractivity contribution in [2.75, 3.05) is 11.9 Å². The molecule has 0 saturated heterocycles. The summed E-state index contributed by atoms with van der Waals surface area (Å²) in [5.41, 5.74) is 3.53.